The predicted octanol–water partition coefficient (Wildman–Crippen LogP) is 1.76. The van der Waals surface area contributed by atoms with Gasteiger partial charge < -0.3 is 9.88 Å². The second-order valence-electron chi connectivity index (χ2n) is 5.02. The Morgan fingerprint density at radius 2 is 2.29 bits per heavy atom. The summed E-state index contributed by atoms with van der Waals surface area (Å²) < 4.78 is 1.99. The molecule has 3 nitrogen and oxygen atoms in total. The predicted molar refractivity (Wildman–Crippen MR) is 70.9 cm³/mol. The number of hydrogen-bond acceptors (Lipinski definition) is 2. The molecule has 1 aromatic heterocycles. The molecule has 2 aliphatic heterocycles. The third-order valence-electron chi connectivity index (χ3n) is 4.14. The quantitative estimate of drug-likeness (QED) is 0.829. The van der Waals surface area contributed by atoms with Crippen molar-refractivity contribution in [3.8, 4) is 0 Å². The number of fused-ring (bicyclic) bond motifs is 4. The minimum absolute atomic E-state index is 0. The van der Waals surface area contributed by atoms with E-state index in [1.807, 2.05) is 10.6 Å². The molecule has 17 heavy (non-hydrogen) atoms. The van der Waals surface area contributed by atoms with Crippen LogP contribution in [0.25, 0.3) is 0 Å². The lowest BCUT2D eigenvalue weighted by Crippen LogP contribution is -2.50. The first kappa shape index (κ1) is 12.7. The van der Waals surface area contributed by atoms with E-state index in [0.29, 0.717) is 17.9 Å². The normalized spacial score (nSPS) is 30.3. The summed E-state index contributed by atoms with van der Waals surface area (Å²) in [5.41, 5.74) is 1.40. The van der Waals surface area contributed by atoms with Gasteiger partial charge in [0.05, 0.1) is 0 Å². The van der Waals surface area contributed by atoms with E-state index in [-0.39, 0.29) is 18.0 Å². The molecule has 0 aliphatic carbocycles. The van der Waals surface area contributed by atoms with Crippen molar-refractivity contribution >= 4 is 12.4 Å². The fraction of sp³-hybridized carbons (Fsp3) is 0.615. The zero-order valence-electron chi connectivity index (χ0n) is 10.1. The molecule has 3 rings (SSSR count). The van der Waals surface area contributed by atoms with Gasteiger partial charge in [-0.1, -0.05) is 13.0 Å². The Balaban J connectivity index is 0.00000108. The molecule has 0 saturated carbocycles. The van der Waals surface area contributed by atoms with Crippen molar-refractivity contribution in [2.45, 2.75) is 38.3 Å². The van der Waals surface area contributed by atoms with Crippen molar-refractivity contribution < 1.29 is 0 Å². The molecule has 0 amide bonds. The molecule has 1 fully saturated rings. The van der Waals surface area contributed by atoms with Crippen molar-refractivity contribution in [1.82, 2.24) is 9.88 Å². The third kappa shape index (κ3) is 2.02. The smallest absolute Gasteiger partial charge is 0.250 e. The first-order valence-electron chi connectivity index (χ1n) is 6.22. The Labute approximate surface area is 108 Å². The fourth-order valence-electron chi connectivity index (χ4n) is 3.30. The van der Waals surface area contributed by atoms with E-state index in [1.54, 1.807) is 6.07 Å². The van der Waals surface area contributed by atoms with Crippen LogP contribution in [0.1, 0.15) is 31.4 Å². The summed E-state index contributed by atoms with van der Waals surface area (Å²) in [6.45, 7) is 4.15. The van der Waals surface area contributed by atoms with Crippen LogP contribution in [0, 0.1) is 5.92 Å². The molecule has 94 valence electrons. The highest BCUT2D eigenvalue weighted by Gasteiger charge is 2.35. The van der Waals surface area contributed by atoms with Crippen molar-refractivity contribution in [2.75, 3.05) is 6.54 Å². The van der Waals surface area contributed by atoms with Crippen LogP contribution >= 0.6 is 12.4 Å². The largest absolute Gasteiger partial charge is 0.313 e. The van der Waals surface area contributed by atoms with Crippen LogP contribution in [0.4, 0.5) is 0 Å². The first-order chi connectivity index (χ1) is 7.79. The highest BCUT2D eigenvalue weighted by atomic mass is 35.5. The van der Waals surface area contributed by atoms with E-state index in [9.17, 15) is 4.79 Å². The molecular formula is C13H19ClN2O. The number of hydrogen-bond donors (Lipinski definition) is 1. The van der Waals surface area contributed by atoms with Gasteiger partial charge in [0, 0.05) is 36.8 Å². The van der Waals surface area contributed by atoms with Gasteiger partial charge in [-0.25, -0.2) is 0 Å². The van der Waals surface area contributed by atoms with Crippen molar-refractivity contribution in [3.63, 3.8) is 0 Å². The fourth-order valence-corrected chi connectivity index (χ4v) is 3.30. The molecule has 3 heterocycles. The topological polar surface area (TPSA) is 34.0 Å². The molecule has 3 atom stereocenters. The zero-order valence-corrected chi connectivity index (χ0v) is 10.9. The Morgan fingerprint density at radius 1 is 1.47 bits per heavy atom. The molecule has 2 bridgehead atoms. The van der Waals surface area contributed by atoms with Gasteiger partial charge in [-0.2, -0.15) is 0 Å². The van der Waals surface area contributed by atoms with Crippen LogP contribution in [-0.4, -0.2) is 17.2 Å². The van der Waals surface area contributed by atoms with Gasteiger partial charge in [0.2, 0.25) is 0 Å². The van der Waals surface area contributed by atoms with Gasteiger partial charge in [-0.15, -0.1) is 12.4 Å². The average Bonchev–Trinajstić information content (AvgIpc) is 2.31. The number of piperidine rings is 1. The van der Waals surface area contributed by atoms with Crippen LogP contribution in [0.15, 0.2) is 23.0 Å². The standard InChI is InChI=1S/C13H18N2O.ClH/c1-2-11-10-6-9(7-14-11)12-4-3-5-13(16)15(12)8-10;/h3-5,9-11,14H,2,6-8H2,1H3;1H/t9-,10-,11?;/m1./s1. The van der Waals surface area contributed by atoms with Gasteiger partial charge >= 0.3 is 0 Å². The van der Waals surface area contributed by atoms with E-state index < -0.39 is 0 Å². The molecule has 0 radical (unpaired) electrons. The van der Waals surface area contributed by atoms with Crippen LogP contribution in [0.3, 0.4) is 0 Å². The van der Waals surface area contributed by atoms with E-state index in [2.05, 4.69) is 18.3 Å². The lowest BCUT2D eigenvalue weighted by Gasteiger charge is -2.42. The van der Waals surface area contributed by atoms with Gasteiger partial charge in [0.25, 0.3) is 5.56 Å². The summed E-state index contributed by atoms with van der Waals surface area (Å²) in [5.74, 6) is 1.17. The molecule has 0 aromatic carbocycles. The van der Waals surface area contributed by atoms with Gasteiger partial charge in [-0.05, 0) is 24.8 Å². The van der Waals surface area contributed by atoms with E-state index >= 15 is 0 Å². The van der Waals surface area contributed by atoms with Gasteiger partial charge in [0.1, 0.15) is 0 Å². The first-order valence-corrected chi connectivity index (χ1v) is 6.22. The van der Waals surface area contributed by atoms with Crippen molar-refractivity contribution in [1.29, 1.82) is 0 Å². The van der Waals surface area contributed by atoms with Crippen molar-refractivity contribution in [2.24, 2.45) is 5.92 Å². The lowest BCUT2D eigenvalue weighted by atomic mass is 9.79. The second kappa shape index (κ2) is 4.83. The van der Waals surface area contributed by atoms with Crippen LogP contribution < -0.4 is 10.9 Å². The number of nitrogens with zero attached hydrogens (tertiary/aromatic N) is 1. The number of halogens is 1. The van der Waals surface area contributed by atoms with Gasteiger partial charge in [0.15, 0.2) is 0 Å². The molecule has 1 aromatic rings. The molecule has 4 heteroatoms. The maximum atomic E-state index is 11.8. The summed E-state index contributed by atoms with van der Waals surface area (Å²) in [6, 6.07) is 6.27. The molecule has 2 aliphatic rings. The Bertz CT molecular complexity index is 457. The van der Waals surface area contributed by atoms with Crippen LogP contribution in [0.5, 0.6) is 0 Å². The maximum absolute atomic E-state index is 11.8. The number of nitrogens with one attached hydrogen (secondary N) is 1. The summed E-state index contributed by atoms with van der Waals surface area (Å²) >= 11 is 0. The summed E-state index contributed by atoms with van der Waals surface area (Å²) in [6.07, 6.45) is 2.41. The maximum Gasteiger partial charge on any atom is 0.250 e. The average molecular weight is 255 g/mol. The molecule has 0 spiro atoms. The zero-order chi connectivity index (χ0) is 11.1. The monoisotopic (exact) mass is 254 g/mol. The Morgan fingerprint density at radius 3 is 3.06 bits per heavy atom. The Kier molecular flexibility index (Phi) is 3.59. The summed E-state index contributed by atoms with van der Waals surface area (Å²) in [5, 5.41) is 3.62. The van der Waals surface area contributed by atoms with Crippen LogP contribution in [-0.2, 0) is 6.54 Å². The second-order valence-corrected chi connectivity index (χ2v) is 5.02. The molecule has 1 unspecified atom stereocenters. The Hall–Kier alpha value is -0.800. The highest BCUT2D eigenvalue weighted by molar-refractivity contribution is 5.85. The highest BCUT2D eigenvalue weighted by Crippen LogP contribution is 2.34. The summed E-state index contributed by atoms with van der Waals surface area (Å²) in [4.78, 5) is 11.8. The third-order valence-corrected chi connectivity index (χ3v) is 4.14. The lowest BCUT2D eigenvalue weighted by molar-refractivity contribution is 0.189. The molecule has 1 N–H and O–H groups in total. The minimum atomic E-state index is 0. The number of rotatable bonds is 1. The van der Waals surface area contributed by atoms with Crippen LogP contribution in [0.2, 0.25) is 0 Å². The molecule has 1 saturated heterocycles. The van der Waals surface area contributed by atoms with E-state index in [0.717, 1.165) is 19.5 Å². The SMILES string of the molecule is CCC1NC[C@H]2C[C@@H]1Cn1c2cccc1=O.Cl. The minimum Gasteiger partial charge on any atom is -0.313 e. The number of aromatic nitrogens is 1. The number of pyridine rings is 1. The van der Waals surface area contributed by atoms with Crippen molar-refractivity contribution in [3.05, 3.63) is 34.2 Å². The van der Waals surface area contributed by atoms with E-state index in [1.165, 1.54) is 12.1 Å². The molecular weight excluding hydrogens is 236 g/mol. The van der Waals surface area contributed by atoms with E-state index in [4.69, 9.17) is 0 Å². The summed E-state index contributed by atoms with van der Waals surface area (Å²) in [7, 11) is 0. The van der Waals surface area contributed by atoms with Gasteiger partial charge in [-0.3, -0.25) is 4.79 Å².